The van der Waals surface area contributed by atoms with Gasteiger partial charge in [-0.1, -0.05) is 6.08 Å². The Bertz CT molecular complexity index is 1080. The normalized spacial score (nSPS) is 37.3. The van der Waals surface area contributed by atoms with Crippen molar-refractivity contribution in [2.24, 2.45) is 0 Å². The van der Waals surface area contributed by atoms with Gasteiger partial charge in [0.15, 0.2) is 25.0 Å². The van der Waals surface area contributed by atoms with Crippen LogP contribution in [0.2, 0.25) is 0 Å². The third-order valence-electron chi connectivity index (χ3n) is 8.10. The summed E-state index contributed by atoms with van der Waals surface area (Å²) in [6, 6.07) is -1.33. The van der Waals surface area contributed by atoms with E-state index in [2.05, 4.69) is 5.32 Å². The second kappa shape index (κ2) is 26.9. The first-order valence-corrected chi connectivity index (χ1v) is 14.5. The number of aliphatic hydroxyl groups is 13. The molecule has 27 heteroatoms. The molecule has 14 N–H and O–H groups in total. The predicted octanol–water partition coefficient (Wildman–Crippen LogP) is -7.91. The van der Waals surface area contributed by atoms with Gasteiger partial charge in [-0.2, -0.15) is 81.0 Å². The van der Waals surface area contributed by atoms with E-state index in [9.17, 15) is 76.0 Å². The van der Waals surface area contributed by atoms with Crippen molar-refractivity contribution in [3.05, 3.63) is 11.6 Å². The van der Waals surface area contributed by atoms with Crippen LogP contribution < -0.4 is 5.32 Å². The van der Waals surface area contributed by atoms with Crippen LogP contribution in [0.4, 0.5) is 4.79 Å². The molecule has 18 atom stereocenters. The highest BCUT2D eigenvalue weighted by Crippen LogP contribution is 2.31. The zero-order valence-electron chi connectivity index (χ0n) is 27.8. The van der Waals surface area contributed by atoms with E-state index in [4.69, 9.17) is 23.7 Å². The number of amides is 1. The van der Waals surface area contributed by atoms with Gasteiger partial charge in [-0.25, -0.2) is 4.79 Å². The minimum atomic E-state index is -2.13. The van der Waals surface area contributed by atoms with Crippen LogP contribution in [-0.2, 0) is 28.5 Å². The van der Waals surface area contributed by atoms with E-state index >= 15 is 0 Å². The second-order valence-electron chi connectivity index (χ2n) is 11.3. The Labute approximate surface area is 345 Å². The van der Waals surface area contributed by atoms with Crippen LogP contribution in [0.25, 0.3) is 0 Å². The highest BCUT2D eigenvalue weighted by atomic mass is 32.1. The van der Waals surface area contributed by atoms with Gasteiger partial charge in [0.1, 0.15) is 79.4 Å². The molecule has 0 bridgehead atoms. The fraction of sp³-hybridized carbons (Fsp3) is 0.846. The lowest BCUT2D eigenvalue weighted by Gasteiger charge is -2.47. The van der Waals surface area contributed by atoms with E-state index in [1.165, 1.54) is 6.92 Å². The van der Waals surface area contributed by atoms with Crippen LogP contribution in [0.5, 0.6) is 0 Å². The summed E-state index contributed by atoms with van der Waals surface area (Å²) < 4.78 is 26.9. The summed E-state index contributed by atoms with van der Waals surface area (Å²) >= 11 is 0. The van der Waals surface area contributed by atoms with Crippen LogP contribution in [0.3, 0.4) is 0 Å². The summed E-state index contributed by atoms with van der Waals surface area (Å²) in [5.74, 6) is 0. The standard InChI is InChI=1S/C26H43NO20.6H2S/c1-7-21(47-26(42)27-9-2-8(3-28)13(34)16(37)14(9)35)17(38)19(40)24(43-7)46-23-12(6-31)44-25(20(41)18(23)39)45-22(11(33)5-30)15(36)10(32)4-29;;;;;;/h2,4,7,9-25,28,30-41H,3,5-6H2,1H3,(H,27,42);6*1H2/t7-,9?,10?,11-,12?,13-,14+,15?,16?,17-,18?,19?,20-,21?,22?,23?,24+,25?;;;;;;/m1....../s1. The van der Waals surface area contributed by atoms with Crippen LogP contribution in [0.15, 0.2) is 11.6 Å². The summed E-state index contributed by atoms with van der Waals surface area (Å²) in [6.07, 6.45) is -31.2. The number of hydrogen-bond acceptors (Lipinski definition) is 20. The number of rotatable bonds is 13. The molecule has 320 valence electrons. The molecule has 0 saturated carbocycles. The number of aliphatic hydroxyl groups excluding tert-OH is 13. The molecule has 0 aromatic carbocycles. The monoisotopic (exact) mass is 893 g/mol. The summed E-state index contributed by atoms with van der Waals surface area (Å²) in [4.78, 5) is 23.5. The van der Waals surface area contributed by atoms with Crippen LogP contribution >= 0.6 is 81.0 Å². The van der Waals surface area contributed by atoms with Gasteiger partial charge in [0, 0.05) is 0 Å². The molecule has 0 aromatic heterocycles. The van der Waals surface area contributed by atoms with Crippen molar-refractivity contribution < 1.29 is 99.7 Å². The number of carbonyl (C=O) groups excluding carboxylic acids is 2. The summed E-state index contributed by atoms with van der Waals surface area (Å²) in [5, 5.41) is 133. The van der Waals surface area contributed by atoms with E-state index in [0.29, 0.717) is 0 Å². The summed E-state index contributed by atoms with van der Waals surface area (Å²) in [5.41, 5.74) is -0.0900. The van der Waals surface area contributed by atoms with Gasteiger partial charge in [-0.3, -0.25) is 0 Å². The van der Waals surface area contributed by atoms with Crippen molar-refractivity contribution in [3.63, 3.8) is 0 Å². The molecule has 1 amide bonds. The molecule has 1 aliphatic carbocycles. The molecule has 3 rings (SSSR count). The summed E-state index contributed by atoms with van der Waals surface area (Å²) in [6.45, 7) is -1.36. The highest BCUT2D eigenvalue weighted by molar-refractivity contribution is 7.60. The van der Waals surface area contributed by atoms with Crippen molar-refractivity contribution >= 4 is 93.4 Å². The third kappa shape index (κ3) is 14.2. The molecule has 2 saturated heterocycles. The number of ether oxygens (including phenoxy) is 5. The van der Waals surface area contributed by atoms with Crippen LogP contribution in [0, 0.1) is 0 Å². The van der Waals surface area contributed by atoms with Gasteiger partial charge in [-0.15, -0.1) is 0 Å². The van der Waals surface area contributed by atoms with E-state index in [-0.39, 0.29) is 92.8 Å². The molecule has 53 heavy (non-hydrogen) atoms. The molecule has 3 aliphatic rings. The quantitative estimate of drug-likeness (QED) is 0.0603. The molecule has 0 radical (unpaired) electrons. The van der Waals surface area contributed by atoms with Gasteiger partial charge in [-0.05, 0) is 12.5 Å². The Morgan fingerprint density at radius 2 is 1.36 bits per heavy atom. The highest BCUT2D eigenvalue weighted by Gasteiger charge is 2.52. The fourth-order valence-corrected chi connectivity index (χ4v) is 5.31. The second-order valence-corrected chi connectivity index (χ2v) is 11.3. The summed E-state index contributed by atoms with van der Waals surface area (Å²) in [7, 11) is 0. The molecule has 2 fully saturated rings. The maximum atomic E-state index is 12.6. The Hall–Kier alpha value is 0.100. The number of nitrogens with one attached hydrogen (secondary N) is 1. The fourth-order valence-electron chi connectivity index (χ4n) is 5.31. The predicted molar refractivity (Wildman–Crippen MR) is 208 cm³/mol. The van der Waals surface area contributed by atoms with E-state index < -0.39 is 136 Å². The average molecular weight is 894 g/mol. The first-order valence-electron chi connectivity index (χ1n) is 14.5. The van der Waals surface area contributed by atoms with Gasteiger partial charge >= 0.3 is 6.09 Å². The molecular formula is C26H55NO20S6. The van der Waals surface area contributed by atoms with Gasteiger partial charge in [0.05, 0.1) is 32.0 Å². The SMILES string of the molecule is C[C@H]1O[C@@H](OC2C(CO)OC(OC(C(O)C(O)C=O)[C@H](O)CO)[C@H](O)C2O)C(O)[C@@H](O)C1OC(=O)NC1C=C(CO)[C@@H](O)C(O)[C@H]1O.S.S.S.S.S.S. The third-order valence-corrected chi connectivity index (χ3v) is 8.10. The number of hydrogen-bond donors (Lipinski definition) is 14. The van der Waals surface area contributed by atoms with Crippen molar-refractivity contribution in [2.75, 3.05) is 19.8 Å². The lowest BCUT2D eigenvalue weighted by Crippen LogP contribution is -2.65. The Morgan fingerprint density at radius 3 is 1.87 bits per heavy atom. The average Bonchev–Trinajstić information content (AvgIpc) is 3.06. The number of aldehydes is 1. The first kappa shape index (κ1) is 59.8. The maximum Gasteiger partial charge on any atom is 0.408 e. The molecule has 2 heterocycles. The molecule has 0 spiro atoms. The zero-order chi connectivity index (χ0) is 35.3. The minimum absolute atomic E-state index is 0. The van der Waals surface area contributed by atoms with Crippen molar-refractivity contribution in [1.29, 1.82) is 0 Å². The maximum absolute atomic E-state index is 12.6. The van der Waals surface area contributed by atoms with Gasteiger partial charge < -0.3 is 100 Å². The van der Waals surface area contributed by atoms with Crippen molar-refractivity contribution in [2.45, 2.75) is 117 Å². The van der Waals surface area contributed by atoms with Crippen LogP contribution in [0.1, 0.15) is 6.92 Å². The molecular weight excluding hydrogens is 839 g/mol. The Kier molecular flexibility index (Phi) is 30.4. The number of alkyl carbamates (subject to hydrolysis) is 1. The zero-order valence-corrected chi connectivity index (χ0v) is 33.8. The Balaban J connectivity index is -0.00000200. The van der Waals surface area contributed by atoms with Crippen molar-refractivity contribution in [1.82, 2.24) is 5.32 Å². The molecule has 2 aliphatic heterocycles. The minimum Gasteiger partial charge on any atom is -0.441 e. The van der Waals surface area contributed by atoms with Gasteiger partial charge in [0.2, 0.25) is 0 Å². The smallest absolute Gasteiger partial charge is 0.408 e. The molecule has 11 unspecified atom stereocenters. The largest absolute Gasteiger partial charge is 0.441 e. The molecule has 21 nitrogen and oxygen atoms in total. The Morgan fingerprint density at radius 1 is 0.811 bits per heavy atom. The van der Waals surface area contributed by atoms with Crippen LogP contribution in [-0.4, -0.2) is 209 Å². The van der Waals surface area contributed by atoms with Crippen molar-refractivity contribution in [3.8, 4) is 0 Å². The van der Waals surface area contributed by atoms with E-state index in [1.807, 2.05) is 0 Å². The first-order chi connectivity index (χ1) is 22.1. The van der Waals surface area contributed by atoms with E-state index in [0.717, 1.165) is 6.08 Å². The lowest BCUT2D eigenvalue weighted by atomic mass is 9.88. The number of carbonyl (C=O) groups is 2. The van der Waals surface area contributed by atoms with Gasteiger partial charge in [0.25, 0.3) is 0 Å². The topological polar surface area (TPSA) is 355 Å². The van der Waals surface area contributed by atoms with E-state index in [1.54, 1.807) is 0 Å². The molecule has 0 aromatic rings. The lowest BCUT2D eigenvalue weighted by molar-refractivity contribution is -0.365.